The average Bonchev–Trinajstić information content (AvgIpc) is 2.26. The zero-order valence-corrected chi connectivity index (χ0v) is 12.2. The minimum absolute atomic E-state index is 0.187. The van der Waals surface area contributed by atoms with Crippen LogP contribution in [0.4, 0.5) is 18.9 Å². The van der Waals surface area contributed by atoms with E-state index in [2.05, 4.69) is 15.9 Å². The Kier molecular flexibility index (Phi) is 5.79. The number of rotatable bonds is 5. The van der Waals surface area contributed by atoms with Crippen LogP contribution in [-0.2, 0) is 5.88 Å². The summed E-state index contributed by atoms with van der Waals surface area (Å²) < 4.78 is 38.4. The van der Waals surface area contributed by atoms with Gasteiger partial charge >= 0.3 is 6.18 Å². The Hall–Kier alpha value is -0.420. The number of alkyl halides is 4. The maximum atomic E-state index is 12.5. The van der Waals surface area contributed by atoms with Crippen LogP contribution in [0.5, 0.6) is 0 Å². The molecule has 0 aromatic heterocycles. The molecule has 18 heavy (non-hydrogen) atoms. The summed E-state index contributed by atoms with van der Waals surface area (Å²) in [5, 5.41) is 0. The van der Waals surface area contributed by atoms with Crippen molar-refractivity contribution in [2.24, 2.45) is 0 Å². The third-order valence-corrected chi connectivity index (χ3v) is 3.17. The first-order chi connectivity index (χ1) is 8.37. The summed E-state index contributed by atoms with van der Waals surface area (Å²) in [7, 11) is 0. The molecule has 0 aliphatic rings. The van der Waals surface area contributed by atoms with Crippen molar-refractivity contribution in [2.75, 3.05) is 18.0 Å². The SMILES string of the molecule is CCCN(CC(F)(F)F)c1ccc(Br)cc1CCl. The van der Waals surface area contributed by atoms with Gasteiger partial charge in [-0.25, -0.2) is 0 Å². The normalized spacial score (nSPS) is 11.7. The van der Waals surface area contributed by atoms with E-state index in [1.807, 2.05) is 6.92 Å². The van der Waals surface area contributed by atoms with Crippen LogP contribution in [0.3, 0.4) is 0 Å². The molecule has 0 unspecified atom stereocenters. The minimum Gasteiger partial charge on any atom is -0.362 e. The second-order valence-electron chi connectivity index (χ2n) is 3.94. The number of halogens is 5. The predicted molar refractivity (Wildman–Crippen MR) is 72.3 cm³/mol. The summed E-state index contributed by atoms with van der Waals surface area (Å²) in [6, 6.07) is 5.15. The highest BCUT2D eigenvalue weighted by atomic mass is 79.9. The Morgan fingerprint density at radius 1 is 1.33 bits per heavy atom. The van der Waals surface area contributed by atoms with Crippen molar-refractivity contribution in [3.05, 3.63) is 28.2 Å². The van der Waals surface area contributed by atoms with Crippen LogP contribution >= 0.6 is 27.5 Å². The molecule has 0 N–H and O–H groups in total. The van der Waals surface area contributed by atoms with Gasteiger partial charge in [0.05, 0.1) is 0 Å². The van der Waals surface area contributed by atoms with Crippen molar-refractivity contribution in [3.8, 4) is 0 Å². The lowest BCUT2D eigenvalue weighted by molar-refractivity contribution is -0.119. The molecule has 0 spiro atoms. The van der Waals surface area contributed by atoms with Crippen molar-refractivity contribution < 1.29 is 13.2 Å². The first-order valence-electron chi connectivity index (χ1n) is 5.53. The quantitative estimate of drug-likeness (QED) is 0.682. The number of anilines is 1. The molecule has 102 valence electrons. The van der Waals surface area contributed by atoms with Crippen molar-refractivity contribution >= 4 is 33.2 Å². The lowest BCUT2D eigenvalue weighted by atomic mass is 10.1. The molecule has 0 aliphatic carbocycles. The molecule has 1 aromatic rings. The highest BCUT2D eigenvalue weighted by molar-refractivity contribution is 9.10. The number of hydrogen-bond donors (Lipinski definition) is 0. The van der Waals surface area contributed by atoms with E-state index in [0.29, 0.717) is 24.2 Å². The molecule has 0 saturated carbocycles. The molecule has 0 aliphatic heterocycles. The van der Waals surface area contributed by atoms with Gasteiger partial charge in [0.15, 0.2) is 0 Å². The first kappa shape index (κ1) is 15.6. The summed E-state index contributed by atoms with van der Waals surface area (Å²) in [5.41, 5.74) is 1.25. The van der Waals surface area contributed by atoms with Gasteiger partial charge in [0.1, 0.15) is 6.54 Å². The molecule has 0 amide bonds. The molecule has 0 radical (unpaired) electrons. The van der Waals surface area contributed by atoms with Gasteiger partial charge in [-0.05, 0) is 30.2 Å². The molecule has 1 rings (SSSR count). The number of benzene rings is 1. The van der Waals surface area contributed by atoms with Gasteiger partial charge in [-0.3, -0.25) is 0 Å². The predicted octanol–water partition coefficient (Wildman–Crippen LogP) is 4.97. The molecule has 6 heteroatoms. The van der Waals surface area contributed by atoms with E-state index >= 15 is 0 Å². The topological polar surface area (TPSA) is 3.24 Å². The van der Waals surface area contributed by atoms with Crippen molar-refractivity contribution in [1.82, 2.24) is 0 Å². The van der Waals surface area contributed by atoms with Crippen molar-refractivity contribution in [3.63, 3.8) is 0 Å². The maximum absolute atomic E-state index is 12.5. The van der Waals surface area contributed by atoms with Crippen LogP contribution in [0.25, 0.3) is 0 Å². The fourth-order valence-electron chi connectivity index (χ4n) is 1.74. The lowest BCUT2D eigenvalue weighted by Gasteiger charge is -2.27. The molecular weight excluding hydrogens is 330 g/mol. The Morgan fingerprint density at radius 3 is 2.50 bits per heavy atom. The zero-order valence-electron chi connectivity index (χ0n) is 9.90. The summed E-state index contributed by atoms with van der Waals surface area (Å²) in [6.45, 7) is 1.25. The molecular formula is C12H14BrClF3N. The first-order valence-corrected chi connectivity index (χ1v) is 6.86. The van der Waals surface area contributed by atoms with Gasteiger partial charge in [0.25, 0.3) is 0 Å². The molecule has 0 bridgehead atoms. The second-order valence-corrected chi connectivity index (χ2v) is 5.13. The smallest absolute Gasteiger partial charge is 0.362 e. The highest BCUT2D eigenvalue weighted by Crippen LogP contribution is 2.29. The summed E-state index contributed by atoms with van der Waals surface area (Å²) in [5.74, 6) is 0.187. The van der Waals surface area contributed by atoms with E-state index in [1.54, 1.807) is 18.2 Å². The van der Waals surface area contributed by atoms with E-state index in [9.17, 15) is 13.2 Å². The van der Waals surface area contributed by atoms with Gasteiger partial charge in [0, 0.05) is 22.6 Å². The standard InChI is InChI=1S/C12H14BrClF3N/c1-2-5-18(8-12(15,16)17)11-4-3-10(13)6-9(11)7-14/h3-4,6H,2,5,7-8H2,1H3. The van der Waals surface area contributed by atoms with E-state index in [1.165, 1.54) is 4.90 Å². The molecule has 0 atom stereocenters. The number of hydrogen-bond acceptors (Lipinski definition) is 1. The Bertz CT molecular complexity index is 395. The zero-order chi connectivity index (χ0) is 13.8. The van der Waals surface area contributed by atoms with Gasteiger partial charge in [-0.15, -0.1) is 11.6 Å². The third kappa shape index (κ3) is 4.69. The molecule has 0 saturated heterocycles. The van der Waals surface area contributed by atoms with Crippen LogP contribution in [-0.4, -0.2) is 19.3 Å². The minimum atomic E-state index is -4.22. The van der Waals surface area contributed by atoms with Crippen LogP contribution < -0.4 is 4.90 Å². The summed E-state index contributed by atoms with van der Waals surface area (Å²) >= 11 is 9.08. The summed E-state index contributed by atoms with van der Waals surface area (Å²) in [4.78, 5) is 1.32. The summed E-state index contributed by atoms with van der Waals surface area (Å²) in [6.07, 6.45) is -3.57. The third-order valence-electron chi connectivity index (χ3n) is 2.39. The van der Waals surface area contributed by atoms with Gasteiger partial charge < -0.3 is 4.90 Å². The van der Waals surface area contributed by atoms with Crippen LogP contribution in [0.1, 0.15) is 18.9 Å². The molecule has 0 fully saturated rings. The molecule has 0 heterocycles. The average molecular weight is 345 g/mol. The molecule has 1 aromatic carbocycles. The monoisotopic (exact) mass is 343 g/mol. The van der Waals surface area contributed by atoms with Gasteiger partial charge in [-0.2, -0.15) is 13.2 Å². The van der Waals surface area contributed by atoms with E-state index < -0.39 is 12.7 Å². The fraction of sp³-hybridized carbons (Fsp3) is 0.500. The van der Waals surface area contributed by atoms with E-state index in [-0.39, 0.29) is 5.88 Å². The van der Waals surface area contributed by atoms with Crippen LogP contribution in [0.15, 0.2) is 22.7 Å². The van der Waals surface area contributed by atoms with Crippen molar-refractivity contribution in [2.45, 2.75) is 25.4 Å². The molecule has 1 nitrogen and oxygen atoms in total. The van der Waals surface area contributed by atoms with E-state index in [0.717, 1.165) is 4.47 Å². The number of nitrogens with zero attached hydrogens (tertiary/aromatic N) is 1. The Balaban J connectivity index is 3.04. The lowest BCUT2D eigenvalue weighted by Crippen LogP contribution is -2.35. The van der Waals surface area contributed by atoms with Crippen LogP contribution in [0, 0.1) is 0 Å². The van der Waals surface area contributed by atoms with E-state index in [4.69, 9.17) is 11.6 Å². The van der Waals surface area contributed by atoms with Crippen molar-refractivity contribution in [1.29, 1.82) is 0 Å². The fourth-order valence-corrected chi connectivity index (χ4v) is 2.36. The Morgan fingerprint density at radius 2 is 2.00 bits per heavy atom. The largest absolute Gasteiger partial charge is 0.405 e. The second kappa shape index (κ2) is 6.66. The highest BCUT2D eigenvalue weighted by Gasteiger charge is 2.31. The maximum Gasteiger partial charge on any atom is 0.405 e. The van der Waals surface area contributed by atoms with Gasteiger partial charge in [-0.1, -0.05) is 22.9 Å². The van der Waals surface area contributed by atoms with Gasteiger partial charge in [0.2, 0.25) is 0 Å². The van der Waals surface area contributed by atoms with Crippen LogP contribution in [0.2, 0.25) is 0 Å². The Labute approximate surface area is 118 Å².